The first-order valence-electron chi connectivity index (χ1n) is 11.7. The average Bonchev–Trinajstić information content (AvgIpc) is 3.04. The van der Waals surface area contributed by atoms with Gasteiger partial charge in [-0.1, -0.05) is 32.9 Å². The van der Waals surface area contributed by atoms with Crippen LogP contribution in [0.15, 0.2) is 54.2 Å². The highest BCUT2D eigenvalue weighted by Gasteiger charge is 2.39. The number of carbonyl (C=O) groups excluding carboxylic acids is 2. The number of benzene rings is 2. The lowest BCUT2D eigenvalue weighted by atomic mass is 9.99. The fourth-order valence-electron chi connectivity index (χ4n) is 4.42. The molecule has 4 rings (SSSR count). The summed E-state index contributed by atoms with van der Waals surface area (Å²) in [6.07, 6.45) is 2.42. The van der Waals surface area contributed by atoms with Crippen LogP contribution in [-0.2, 0) is 9.59 Å². The van der Waals surface area contributed by atoms with Crippen LogP contribution in [-0.4, -0.2) is 43.5 Å². The summed E-state index contributed by atoms with van der Waals surface area (Å²) in [6, 6.07) is 15.4. The molecule has 2 amide bonds. The van der Waals surface area contributed by atoms with Crippen molar-refractivity contribution in [2.45, 2.75) is 33.6 Å². The molecule has 2 aromatic rings. The van der Waals surface area contributed by atoms with Crippen molar-refractivity contribution >= 4 is 28.8 Å². The molecule has 2 aliphatic rings. The van der Waals surface area contributed by atoms with Gasteiger partial charge >= 0.3 is 0 Å². The van der Waals surface area contributed by atoms with E-state index in [0.29, 0.717) is 29.1 Å². The lowest BCUT2D eigenvalue weighted by molar-refractivity contribution is -0.137. The zero-order chi connectivity index (χ0) is 23.5. The van der Waals surface area contributed by atoms with Crippen LogP contribution in [0.1, 0.15) is 39.2 Å². The molecule has 0 bridgehead atoms. The maximum atomic E-state index is 13.3. The number of hydrogen-bond acceptors (Lipinski definition) is 5. The van der Waals surface area contributed by atoms with E-state index in [-0.39, 0.29) is 17.7 Å². The van der Waals surface area contributed by atoms with Crippen LogP contribution in [0.5, 0.6) is 5.75 Å². The molecule has 174 valence electrons. The molecule has 2 aliphatic heterocycles. The van der Waals surface area contributed by atoms with E-state index in [1.165, 1.54) is 23.4 Å². The van der Waals surface area contributed by atoms with Crippen LogP contribution < -0.4 is 15.0 Å². The average molecular weight is 448 g/mol. The van der Waals surface area contributed by atoms with Crippen LogP contribution in [0, 0.1) is 11.8 Å². The number of ether oxygens (including phenoxy) is 1. The van der Waals surface area contributed by atoms with E-state index in [1.54, 1.807) is 19.2 Å². The molecular weight excluding hydrogens is 414 g/mol. The fraction of sp³-hybridized carbons (Fsp3) is 0.407. The van der Waals surface area contributed by atoms with Gasteiger partial charge in [0.05, 0.1) is 12.7 Å². The molecule has 1 saturated heterocycles. The summed E-state index contributed by atoms with van der Waals surface area (Å²) in [7, 11) is 1.60. The van der Waals surface area contributed by atoms with Gasteiger partial charge in [-0.15, -0.1) is 0 Å². The van der Waals surface area contributed by atoms with Crippen molar-refractivity contribution in [1.29, 1.82) is 0 Å². The van der Waals surface area contributed by atoms with Crippen LogP contribution in [0.25, 0.3) is 5.57 Å². The van der Waals surface area contributed by atoms with Gasteiger partial charge in [0, 0.05) is 31.0 Å². The lowest BCUT2D eigenvalue weighted by Gasteiger charge is -2.32. The SMILES string of the molecule is COc1ccc(C2=C(Nc3ccc(N4CCC(C)CC4)cc3)C(=O)N(CC(C)C)C2=O)cc1. The minimum absolute atomic E-state index is 0.181. The van der Waals surface area contributed by atoms with Crippen molar-refractivity contribution in [1.82, 2.24) is 4.90 Å². The van der Waals surface area contributed by atoms with Crippen LogP contribution >= 0.6 is 0 Å². The Balaban J connectivity index is 1.62. The Morgan fingerprint density at radius 2 is 1.61 bits per heavy atom. The number of anilines is 2. The summed E-state index contributed by atoms with van der Waals surface area (Å²) in [5.74, 6) is 1.12. The summed E-state index contributed by atoms with van der Waals surface area (Å²) in [4.78, 5) is 30.3. The molecule has 0 aliphatic carbocycles. The molecule has 6 nitrogen and oxygen atoms in total. The lowest BCUT2D eigenvalue weighted by Crippen LogP contribution is -2.35. The molecule has 0 spiro atoms. The number of rotatable bonds is 7. The first-order valence-corrected chi connectivity index (χ1v) is 11.7. The number of nitrogens with one attached hydrogen (secondary N) is 1. The van der Waals surface area contributed by atoms with Gasteiger partial charge in [-0.3, -0.25) is 14.5 Å². The normalized spacial score (nSPS) is 17.4. The van der Waals surface area contributed by atoms with E-state index in [4.69, 9.17) is 4.74 Å². The van der Waals surface area contributed by atoms with Crippen LogP contribution in [0.4, 0.5) is 11.4 Å². The molecule has 0 atom stereocenters. The van der Waals surface area contributed by atoms with Gasteiger partial charge in [-0.25, -0.2) is 0 Å². The standard InChI is InChI=1S/C27H33N3O3/c1-18(2)17-30-26(31)24(20-5-11-23(33-4)12-6-20)25(27(30)32)28-21-7-9-22(10-8-21)29-15-13-19(3)14-16-29/h5-12,18-19,28H,13-17H2,1-4H3. The third kappa shape index (κ3) is 4.90. The molecule has 0 saturated carbocycles. The summed E-state index contributed by atoms with van der Waals surface area (Å²) in [5, 5.41) is 3.26. The van der Waals surface area contributed by atoms with Crippen molar-refractivity contribution in [3.8, 4) is 5.75 Å². The topological polar surface area (TPSA) is 61.9 Å². The number of amides is 2. The first-order chi connectivity index (χ1) is 15.9. The molecule has 1 fully saturated rings. The summed E-state index contributed by atoms with van der Waals surface area (Å²) < 4.78 is 5.25. The third-order valence-corrected chi connectivity index (χ3v) is 6.38. The van der Waals surface area contributed by atoms with Crippen LogP contribution in [0.2, 0.25) is 0 Å². The molecule has 1 N–H and O–H groups in total. The maximum Gasteiger partial charge on any atom is 0.278 e. The van der Waals surface area contributed by atoms with Crippen molar-refractivity contribution in [2.24, 2.45) is 11.8 Å². The van der Waals surface area contributed by atoms with E-state index < -0.39 is 0 Å². The largest absolute Gasteiger partial charge is 0.497 e. The highest BCUT2D eigenvalue weighted by atomic mass is 16.5. The quantitative estimate of drug-likeness (QED) is 0.619. The fourth-order valence-corrected chi connectivity index (χ4v) is 4.42. The predicted octanol–water partition coefficient (Wildman–Crippen LogP) is 4.78. The van der Waals surface area contributed by atoms with E-state index in [2.05, 4.69) is 29.3 Å². The highest BCUT2D eigenvalue weighted by molar-refractivity contribution is 6.36. The number of nitrogens with zero attached hydrogens (tertiary/aromatic N) is 2. The molecule has 6 heteroatoms. The van der Waals surface area contributed by atoms with Gasteiger partial charge in [0.25, 0.3) is 11.8 Å². The Bertz CT molecular complexity index is 1030. The van der Waals surface area contributed by atoms with Crippen molar-refractivity contribution in [3.63, 3.8) is 0 Å². The minimum Gasteiger partial charge on any atom is -0.497 e. The van der Waals surface area contributed by atoms with Crippen LogP contribution in [0.3, 0.4) is 0 Å². The van der Waals surface area contributed by atoms with E-state index in [9.17, 15) is 9.59 Å². The van der Waals surface area contributed by atoms with Gasteiger partial charge in [-0.05, 0) is 66.6 Å². The highest BCUT2D eigenvalue weighted by Crippen LogP contribution is 2.32. The molecule has 2 heterocycles. The second-order valence-electron chi connectivity index (χ2n) is 9.43. The zero-order valence-corrected chi connectivity index (χ0v) is 19.9. The van der Waals surface area contributed by atoms with Gasteiger partial charge in [0.1, 0.15) is 11.4 Å². The van der Waals surface area contributed by atoms with Gasteiger partial charge < -0.3 is 15.0 Å². The number of hydrogen-bond donors (Lipinski definition) is 1. The Kier molecular flexibility index (Phi) is 6.72. The van der Waals surface area contributed by atoms with Crippen molar-refractivity contribution in [2.75, 3.05) is 37.0 Å². The molecule has 0 aromatic heterocycles. The summed E-state index contributed by atoms with van der Waals surface area (Å²) >= 11 is 0. The molecule has 2 aromatic carbocycles. The summed E-state index contributed by atoms with van der Waals surface area (Å²) in [5.41, 5.74) is 3.40. The molecule has 0 radical (unpaired) electrons. The smallest absolute Gasteiger partial charge is 0.278 e. The second-order valence-corrected chi connectivity index (χ2v) is 9.43. The van der Waals surface area contributed by atoms with Gasteiger partial charge in [-0.2, -0.15) is 0 Å². The number of piperidine rings is 1. The molecular formula is C27H33N3O3. The molecule has 0 unspecified atom stereocenters. The number of imide groups is 1. The number of carbonyl (C=O) groups is 2. The van der Waals surface area contributed by atoms with Gasteiger partial charge in [0.2, 0.25) is 0 Å². The minimum atomic E-state index is -0.284. The first kappa shape index (κ1) is 22.9. The Morgan fingerprint density at radius 3 is 2.18 bits per heavy atom. The van der Waals surface area contributed by atoms with E-state index in [0.717, 1.165) is 24.7 Å². The Hall–Kier alpha value is -3.28. The maximum absolute atomic E-state index is 13.3. The van der Waals surface area contributed by atoms with E-state index >= 15 is 0 Å². The summed E-state index contributed by atoms with van der Waals surface area (Å²) in [6.45, 7) is 8.82. The second kappa shape index (κ2) is 9.69. The predicted molar refractivity (Wildman–Crippen MR) is 132 cm³/mol. The number of methoxy groups -OCH3 is 1. The Labute approximate surface area is 196 Å². The van der Waals surface area contributed by atoms with E-state index in [1.807, 2.05) is 38.1 Å². The van der Waals surface area contributed by atoms with Crippen molar-refractivity contribution < 1.29 is 14.3 Å². The van der Waals surface area contributed by atoms with Gasteiger partial charge in [0.15, 0.2) is 0 Å². The van der Waals surface area contributed by atoms with Crippen molar-refractivity contribution in [3.05, 3.63) is 59.8 Å². The third-order valence-electron chi connectivity index (χ3n) is 6.38. The molecule has 33 heavy (non-hydrogen) atoms. The zero-order valence-electron chi connectivity index (χ0n) is 19.9. The Morgan fingerprint density at radius 1 is 0.970 bits per heavy atom. The monoisotopic (exact) mass is 447 g/mol.